The Morgan fingerprint density at radius 1 is 0.588 bits per heavy atom. The maximum atomic E-state index is 10.0. The van der Waals surface area contributed by atoms with Crippen LogP contribution in [0.15, 0.2) is 48.5 Å². The van der Waals surface area contributed by atoms with Gasteiger partial charge >= 0.3 is 0 Å². The van der Waals surface area contributed by atoms with Crippen molar-refractivity contribution in [3.63, 3.8) is 0 Å². The van der Waals surface area contributed by atoms with E-state index in [0.717, 1.165) is 0 Å². The number of benzene rings is 2. The SMILES string of the molecule is Oc1ccc(C(O)(O)c2ccc(O)cc2)cc1. The van der Waals surface area contributed by atoms with Crippen molar-refractivity contribution >= 4 is 0 Å². The van der Waals surface area contributed by atoms with Crippen LogP contribution in [0.25, 0.3) is 0 Å². The summed E-state index contributed by atoms with van der Waals surface area (Å²) in [5, 5.41) is 38.3. The standard InChI is InChI=1S/C13H12O4/c14-11-5-1-9(2-6-11)13(16,17)10-3-7-12(15)8-4-10/h1-8,14-17H. The summed E-state index contributed by atoms with van der Waals surface area (Å²) in [6, 6.07) is 11.2. The lowest BCUT2D eigenvalue weighted by molar-refractivity contribution is -0.132. The van der Waals surface area contributed by atoms with Crippen molar-refractivity contribution in [1.82, 2.24) is 0 Å². The van der Waals surface area contributed by atoms with Gasteiger partial charge in [0.2, 0.25) is 5.79 Å². The van der Waals surface area contributed by atoms with E-state index >= 15 is 0 Å². The number of hydrogen-bond acceptors (Lipinski definition) is 4. The van der Waals surface area contributed by atoms with Gasteiger partial charge in [0.15, 0.2) is 0 Å². The third-order valence-corrected chi connectivity index (χ3v) is 2.54. The minimum atomic E-state index is -2.15. The molecule has 4 N–H and O–H groups in total. The number of phenolic OH excluding ortho intramolecular Hbond substituents is 2. The monoisotopic (exact) mass is 232 g/mol. The lowest BCUT2D eigenvalue weighted by Crippen LogP contribution is -2.26. The summed E-state index contributed by atoms with van der Waals surface area (Å²) in [5.41, 5.74) is 0.474. The van der Waals surface area contributed by atoms with Gasteiger partial charge in [-0.1, -0.05) is 0 Å². The molecule has 2 rings (SSSR count). The molecule has 2 aromatic carbocycles. The molecule has 17 heavy (non-hydrogen) atoms. The highest BCUT2D eigenvalue weighted by atomic mass is 16.5. The molecule has 0 fully saturated rings. The number of hydrogen-bond donors (Lipinski definition) is 4. The first-order valence-electron chi connectivity index (χ1n) is 5.04. The van der Waals surface area contributed by atoms with E-state index in [1.807, 2.05) is 0 Å². The normalized spacial score (nSPS) is 11.4. The lowest BCUT2D eigenvalue weighted by atomic mass is 9.97. The molecule has 0 aromatic heterocycles. The van der Waals surface area contributed by atoms with E-state index in [9.17, 15) is 10.2 Å². The molecule has 0 aliphatic rings. The van der Waals surface area contributed by atoms with Crippen LogP contribution in [-0.2, 0) is 5.79 Å². The van der Waals surface area contributed by atoms with Gasteiger partial charge in [0.05, 0.1) is 0 Å². The van der Waals surface area contributed by atoms with Gasteiger partial charge in [-0.05, 0) is 48.5 Å². The highest BCUT2D eigenvalue weighted by molar-refractivity contribution is 5.37. The van der Waals surface area contributed by atoms with Gasteiger partial charge in [-0.3, -0.25) is 0 Å². The van der Waals surface area contributed by atoms with Crippen LogP contribution in [-0.4, -0.2) is 20.4 Å². The Kier molecular flexibility index (Phi) is 2.75. The summed E-state index contributed by atoms with van der Waals surface area (Å²) in [4.78, 5) is 0. The minimum absolute atomic E-state index is 0.0512. The first-order chi connectivity index (χ1) is 8.00. The molecular formula is C13H12O4. The van der Waals surface area contributed by atoms with Crippen molar-refractivity contribution in [3.05, 3.63) is 59.7 Å². The maximum absolute atomic E-state index is 10.0. The van der Waals surface area contributed by atoms with E-state index in [1.54, 1.807) is 0 Å². The van der Waals surface area contributed by atoms with Crippen LogP contribution in [0, 0.1) is 0 Å². The molecule has 0 radical (unpaired) electrons. The number of phenols is 2. The van der Waals surface area contributed by atoms with Crippen molar-refractivity contribution in [2.45, 2.75) is 5.79 Å². The molecule has 0 atom stereocenters. The van der Waals surface area contributed by atoms with Crippen molar-refractivity contribution in [1.29, 1.82) is 0 Å². The van der Waals surface area contributed by atoms with Crippen LogP contribution in [0.3, 0.4) is 0 Å². The Labute approximate surface area is 98.0 Å². The van der Waals surface area contributed by atoms with Gasteiger partial charge in [0.1, 0.15) is 11.5 Å². The molecule has 0 bridgehead atoms. The first kappa shape index (κ1) is 11.4. The molecule has 0 aliphatic carbocycles. The fourth-order valence-electron chi connectivity index (χ4n) is 1.55. The smallest absolute Gasteiger partial charge is 0.217 e. The number of aliphatic hydroxyl groups is 2. The third kappa shape index (κ3) is 2.22. The van der Waals surface area contributed by atoms with E-state index in [0.29, 0.717) is 0 Å². The van der Waals surface area contributed by atoms with Gasteiger partial charge < -0.3 is 20.4 Å². The number of rotatable bonds is 2. The molecule has 2 aromatic rings. The van der Waals surface area contributed by atoms with Gasteiger partial charge in [-0.25, -0.2) is 0 Å². The van der Waals surface area contributed by atoms with Gasteiger partial charge in [-0.15, -0.1) is 0 Å². The second-order valence-electron chi connectivity index (χ2n) is 3.77. The summed E-state index contributed by atoms with van der Waals surface area (Å²) < 4.78 is 0. The number of aromatic hydroxyl groups is 2. The zero-order valence-corrected chi connectivity index (χ0v) is 8.91. The molecule has 0 saturated heterocycles. The van der Waals surface area contributed by atoms with E-state index in [4.69, 9.17) is 10.2 Å². The quantitative estimate of drug-likeness (QED) is 0.588. The Hall–Kier alpha value is -2.04. The molecule has 4 heteroatoms. The van der Waals surface area contributed by atoms with Gasteiger partial charge in [0.25, 0.3) is 0 Å². The van der Waals surface area contributed by atoms with Crippen LogP contribution in [0.4, 0.5) is 0 Å². The Balaban J connectivity index is 2.41. The molecule has 4 nitrogen and oxygen atoms in total. The summed E-state index contributed by atoms with van der Waals surface area (Å²) in [5.74, 6) is -2.05. The zero-order chi connectivity index (χ0) is 12.5. The second kappa shape index (κ2) is 4.08. The third-order valence-electron chi connectivity index (χ3n) is 2.54. The highest BCUT2D eigenvalue weighted by Gasteiger charge is 2.28. The first-order valence-corrected chi connectivity index (χ1v) is 5.04. The molecule has 0 amide bonds. The van der Waals surface area contributed by atoms with Crippen molar-refractivity contribution in [2.24, 2.45) is 0 Å². The average Bonchev–Trinajstić information content (AvgIpc) is 2.30. The molecule has 88 valence electrons. The predicted molar refractivity (Wildman–Crippen MR) is 61.4 cm³/mol. The minimum Gasteiger partial charge on any atom is -0.508 e. The van der Waals surface area contributed by atoms with E-state index in [-0.39, 0.29) is 22.6 Å². The Morgan fingerprint density at radius 2 is 0.882 bits per heavy atom. The maximum Gasteiger partial charge on any atom is 0.217 e. The van der Waals surface area contributed by atoms with Crippen LogP contribution in [0.2, 0.25) is 0 Å². The summed E-state index contributed by atoms with van der Waals surface area (Å²) in [6.45, 7) is 0. The van der Waals surface area contributed by atoms with E-state index in [1.165, 1.54) is 48.5 Å². The average molecular weight is 232 g/mol. The molecule has 0 heterocycles. The van der Waals surface area contributed by atoms with E-state index < -0.39 is 5.79 Å². The van der Waals surface area contributed by atoms with Crippen molar-refractivity contribution in [2.75, 3.05) is 0 Å². The largest absolute Gasteiger partial charge is 0.508 e. The van der Waals surface area contributed by atoms with Gasteiger partial charge in [0, 0.05) is 11.1 Å². The highest BCUT2D eigenvalue weighted by Crippen LogP contribution is 2.28. The predicted octanol–water partition coefficient (Wildman–Crippen LogP) is 1.28. The van der Waals surface area contributed by atoms with Crippen LogP contribution >= 0.6 is 0 Å². The Bertz CT molecular complexity index is 452. The molecule has 0 aliphatic heterocycles. The zero-order valence-electron chi connectivity index (χ0n) is 8.91. The summed E-state index contributed by atoms with van der Waals surface area (Å²) in [6.07, 6.45) is 0. The molecule has 0 spiro atoms. The topological polar surface area (TPSA) is 80.9 Å². The fourth-order valence-corrected chi connectivity index (χ4v) is 1.55. The Morgan fingerprint density at radius 3 is 1.18 bits per heavy atom. The molecule has 0 saturated carbocycles. The van der Waals surface area contributed by atoms with Crippen LogP contribution in [0.5, 0.6) is 11.5 Å². The fraction of sp³-hybridized carbons (Fsp3) is 0.0769. The van der Waals surface area contributed by atoms with Gasteiger partial charge in [-0.2, -0.15) is 0 Å². The second-order valence-corrected chi connectivity index (χ2v) is 3.77. The van der Waals surface area contributed by atoms with E-state index in [2.05, 4.69) is 0 Å². The van der Waals surface area contributed by atoms with Crippen molar-refractivity contribution in [3.8, 4) is 11.5 Å². The summed E-state index contributed by atoms with van der Waals surface area (Å²) in [7, 11) is 0. The molecular weight excluding hydrogens is 220 g/mol. The van der Waals surface area contributed by atoms with Crippen LogP contribution in [0.1, 0.15) is 11.1 Å². The van der Waals surface area contributed by atoms with Crippen molar-refractivity contribution < 1.29 is 20.4 Å². The lowest BCUT2D eigenvalue weighted by Gasteiger charge is -2.22. The molecule has 0 unspecified atom stereocenters. The summed E-state index contributed by atoms with van der Waals surface area (Å²) >= 11 is 0. The van der Waals surface area contributed by atoms with Crippen LogP contribution < -0.4 is 0 Å².